The van der Waals surface area contributed by atoms with E-state index in [4.69, 9.17) is 0 Å². The molecule has 2 aromatic carbocycles. The van der Waals surface area contributed by atoms with Crippen LogP contribution in [0.2, 0.25) is 0 Å². The average molecular weight is 414 g/mol. The van der Waals surface area contributed by atoms with Gasteiger partial charge in [-0.25, -0.2) is 4.39 Å². The second kappa shape index (κ2) is 9.49. The average Bonchev–Trinajstić information content (AvgIpc) is 2.97. The normalized spacial score (nSPS) is 16.3. The van der Waals surface area contributed by atoms with Gasteiger partial charge >= 0.3 is 0 Å². The molecule has 0 saturated carbocycles. The number of thioether (sulfide) groups is 1. The first kappa shape index (κ1) is 20.8. The van der Waals surface area contributed by atoms with E-state index in [0.29, 0.717) is 12.0 Å². The summed E-state index contributed by atoms with van der Waals surface area (Å²) in [6.45, 7) is -0.705. The first-order chi connectivity index (χ1) is 14.0. The lowest BCUT2D eigenvalue weighted by atomic mass is 10.1. The van der Waals surface area contributed by atoms with Crippen LogP contribution in [-0.2, 0) is 16.0 Å². The maximum Gasteiger partial charge on any atom is 0.294 e. The largest absolute Gasteiger partial charge is 0.394 e. The van der Waals surface area contributed by atoms with E-state index in [-0.39, 0.29) is 11.5 Å². The summed E-state index contributed by atoms with van der Waals surface area (Å²) < 4.78 is 13.0. The fraction of sp³-hybridized carbons (Fsp3) is 0.190. The van der Waals surface area contributed by atoms with Crippen LogP contribution in [0.4, 0.5) is 9.18 Å². The Morgan fingerprint density at radius 1 is 1.14 bits per heavy atom. The minimum Gasteiger partial charge on any atom is -0.394 e. The molecule has 1 aliphatic heterocycles. The summed E-state index contributed by atoms with van der Waals surface area (Å²) in [5, 5.41) is 11.6. The number of hydrogen-bond donors (Lipinski definition) is 2. The van der Waals surface area contributed by atoms with Gasteiger partial charge in [-0.3, -0.25) is 19.3 Å². The zero-order valence-electron chi connectivity index (χ0n) is 15.4. The van der Waals surface area contributed by atoms with Gasteiger partial charge in [0.2, 0.25) is 5.91 Å². The topological polar surface area (TPSA) is 86.7 Å². The summed E-state index contributed by atoms with van der Waals surface area (Å²) in [6.07, 6.45) is 1.91. The highest BCUT2D eigenvalue weighted by Crippen LogP contribution is 2.32. The number of nitrogens with one attached hydrogen (secondary N) is 1. The molecule has 2 N–H and O–H groups in total. The van der Waals surface area contributed by atoms with Crippen LogP contribution in [0.15, 0.2) is 59.5 Å². The Bertz CT molecular complexity index is 931. The molecular weight excluding hydrogens is 395 g/mol. The number of carbonyl (C=O) groups excluding carboxylic acids is 3. The molecule has 0 radical (unpaired) electrons. The molecule has 29 heavy (non-hydrogen) atoms. The Labute approximate surface area is 171 Å². The number of benzene rings is 2. The van der Waals surface area contributed by atoms with Gasteiger partial charge in [-0.2, -0.15) is 0 Å². The van der Waals surface area contributed by atoms with E-state index >= 15 is 0 Å². The third kappa shape index (κ3) is 5.52. The van der Waals surface area contributed by atoms with Crippen LogP contribution in [0.5, 0.6) is 0 Å². The Kier molecular flexibility index (Phi) is 6.79. The van der Waals surface area contributed by atoms with Crippen molar-refractivity contribution in [1.82, 2.24) is 10.2 Å². The van der Waals surface area contributed by atoms with Crippen LogP contribution in [0.25, 0.3) is 6.08 Å². The number of aliphatic hydroxyl groups excluding tert-OH is 1. The number of rotatable bonds is 7. The molecular formula is C21H19FN2O4S. The van der Waals surface area contributed by atoms with Gasteiger partial charge in [-0.1, -0.05) is 42.5 Å². The molecule has 0 spiro atoms. The highest BCUT2D eigenvalue weighted by Gasteiger charge is 2.36. The van der Waals surface area contributed by atoms with Crippen molar-refractivity contribution >= 4 is 34.9 Å². The number of aliphatic hydroxyl groups is 1. The van der Waals surface area contributed by atoms with E-state index in [1.54, 1.807) is 0 Å². The summed E-state index contributed by atoms with van der Waals surface area (Å²) in [6, 6.07) is 14.3. The molecule has 0 unspecified atom stereocenters. The summed E-state index contributed by atoms with van der Waals surface area (Å²) in [4.78, 5) is 38.0. The number of halogens is 1. The minimum atomic E-state index is -0.580. The van der Waals surface area contributed by atoms with E-state index in [1.807, 2.05) is 30.3 Å². The van der Waals surface area contributed by atoms with Crippen LogP contribution in [0.3, 0.4) is 0 Å². The second-order valence-corrected chi connectivity index (χ2v) is 7.45. The van der Waals surface area contributed by atoms with Gasteiger partial charge in [0.05, 0.1) is 17.6 Å². The second-order valence-electron chi connectivity index (χ2n) is 6.46. The van der Waals surface area contributed by atoms with Crippen molar-refractivity contribution in [2.75, 3.05) is 13.2 Å². The maximum atomic E-state index is 13.0. The third-order valence-corrected chi connectivity index (χ3v) is 5.16. The predicted octanol–water partition coefficient (Wildman–Crippen LogP) is 2.58. The number of hydrogen-bond acceptors (Lipinski definition) is 5. The third-order valence-electron chi connectivity index (χ3n) is 4.25. The van der Waals surface area contributed by atoms with Crippen LogP contribution in [0.1, 0.15) is 11.1 Å². The van der Waals surface area contributed by atoms with Crippen molar-refractivity contribution < 1.29 is 23.9 Å². The molecule has 0 aromatic heterocycles. The first-order valence-electron chi connectivity index (χ1n) is 8.91. The molecule has 1 heterocycles. The highest BCUT2D eigenvalue weighted by atomic mass is 32.2. The van der Waals surface area contributed by atoms with Gasteiger partial charge in [-0.05, 0) is 47.5 Å². The van der Waals surface area contributed by atoms with Crippen molar-refractivity contribution in [3.8, 4) is 0 Å². The molecule has 1 atom stereocenters. The van der Waals surface area contributed by atoms with Gasteiger partial charge in [-0.15, -0.1) is 0 Å². The molecule has 3 amide bonds. The predicted molar refractivity (Wildman–Crippen MR) is 108 cm³/mol. The van der Waals surface area contributed by atoms with E-state index in [1.165, 1.54) is 30.3 Å². The molecule has 8 heteroatoms. The van der Waals surface area contributed by atoms with Crippen LogP contribution < -0.4 is 5.32 Å². The Morgan fingerprint density at radius 3 is 2.48 bits per heavy atom. The first-order valence-corrected chi connectivity index (χ1v) is 9.73. The summed E-state index contributed by atoms with van der Waals surface area (Å²) in [5.74, 6) is -1.52. The number of nitrogens with zero attached hydrogens (tertiary/aromatic N) is 1. The van der Waals surface area contributed by atoms with Crippen molar-refractivity contribution in [2.45, 2.75) is 12.5 Å². The van der Waals surface area contributed by atoms with Gasteiger partial charge in [0.25, 0.3) is 11.1 Å². The molecule has 1 saturated heterocycles. The molecule has 1 aliphatic rings. The zero-order valence-corrected chi connectivity index (χ0v) is 16.2. The van der Waals surface area contributed by atoms with E-state index < -0.39 is 35.5 Å². The van der Waals surface area contributed by atoms with E-state index in [0.717, 1.165) is 22.2 Å². The summed E-state index contributed by atoms with van der Waals surface area (Å²) in [5.41, 5.74) is 1.52. The fourth-order valence-corrected chi connectivity index (χ4v) is 3.66. The molecule has 1 fully saturated rings. The molecule has 6 nitrogen and oxygen atoms in total. The molecule has 0 aliphatic carbocycles. The quantitative estimate of drug-likeness (QED) is 0.680. The number of carbonyl (C=O) groups is 3. The zero-order chi connectivity index (χ0) is 20.8. The molecule has 150 valence electrons. The van der Waals surface area contributed by atoms with Gasteiger partial charge < -0.3 is 10.4 Å². The monoisotopic (exact) mass is 414 g/mol. The lowest BCUT2D eigenvalue weighted by Gasteiger charge is -2.18. The minimum absolute atomic E-state index is 0.164. The van der Waals surface area contributed by atoms with Crippen LogP contribution >= 0.6 is 11.8 Å². The smallest absolute Gasteiger partial charge is 0.294 e. The maximum absolute atomic E-state index is 13.0. The lowest BCUT2D eigenvalue weighted by molar-refractivity contribution is -0.129. The van der Waals surface area contributed by atoms with Gasteiger partial charge in [0.1, 0.15) is 12.4 Å². The molecule has 3 rings (SSSR count). The van der Waals surface area contributed by atoms with Gasteiger partial charge in [0, 0.05) is 0 Å². The number of imide groups is 1. The molecule has 0 bridgehead atoms. The Balaban J connectivity index is 1.61. The van der Waals surface area contributed by atoms with Crippen molar-refractivity contribution in [3.63, 3.8) is 0 Å². The van der Waals surface area contributed by atoms with E-state index in [9.17, 15) is 23.9 Å². The molecule has 2 aromatic rings. The fourth-order valence-electron chi connectivity index (χ4n) is 2.82. The number of amides is 3. The lowest BCUT2D eigenvalue weighted by Crippen LogP contribution is -2.45. The Hall–Kier alpha value is -2.97. The van der Waals surface area contributed by atoms with Crippen molar-refractivity contribution in [2.24, 2.45) is 0 Å². The summed E-state index contributed by atoms with van der Waals surface area (Å²) >= 11 is 0.725. The van der Waals surface area contributed by atoms with Crippen LogP contribution in [-0.4, -0.2) is 46.3 Å². The SMILES string of the molecule is O=C(CN1C(=O)SC(=Cc2ccc(F)cc2)C1=O)N[C@@H](CO)Cc1ccccc1. The summed E-state index contributed by atoms with van der Waals surface area (Å²) in [7, 11) is 0. The van der Waals surface area contributed by atoms with E-state index in [2.05, 4.69) is 5.32 Å². The standard InChI is InChI=1S/C21H19FN2O4S/c22-16-8-6-15(7-9-16)11-18-20(27)24(21(28)29-18)12-19(26)23-17(13-25)10-14-4-2-1-3-5-14/h1-9,11,17,25H,10,12-13H2,(H,23,26)/t17-/m1/s1. The van der Waals surface area contributed by atoms with Crippen molar-refractivity contribution in [3.05, 3.63) is 76.4 Å². The van der Waals surface area contributed by atoms with Crippen molar-refractivity contribution in [1.29, 1.82) is 0 Å². The van der Waals surface area contributed by atoms with Crippen LogP contribution in [0, 0.1) is 5.82 Å². The highest BCUT2D eigenvalue weighted by molar-refractivity contribution is 8.18. The Morgan fingerprint density at radius 2 is 1.83 bits per heavy atom. The van der Waals surface area contributed by atoms with Gasteiger partial charge in [0.15, 0.2) is 0 Å².